The summed E-state index contributed by atoms with van der Waals surface area (Å²) in [4.78, 5) is 0. The molecular formula is C32H44Cl2. The second-order valence-corrected chi connectivity index (χ2v) is 12.8. The van der Waals surface area contributed by atoms with Crippen LogP contribution in [0.5, 0.6) is 0 Å². The van der Waals surface area contributed by atoms with E-state index >= 15 is 0 Å². The van der Waals surface area contributed by atoms with Gasteiger partial charge in [-0.2, -0.15) is 0 Å². The van der Waals surface area contributed by atoms with Gasteiger partial charge in [0.25, 0.3) is 0 Å². The number of hydrogen-bond acceptors (Lipinski definition) is 0. The Bertz CT molecular complexity index is 966. The highest BCUT2D eigenvalue weighted by Crippen LogP contribution is 2.32. The largest absolute Gasteiger partial charge is 0.0840 e. The Morgan fingerprint density at radius 3 is 1.18 bits per heavy atom. The first kappa shape index (κ1) is 30.3. The van der Waals surface area contributed by atoms with Gasteiger partial charge in [0.2, 0.25) is 0 Å². The highest BCUT2D eigenvalue weighted by Gasteiger charge is 2.19. The third-order valence-electron chi connectivity index (χ3n) is 5.61. The molecule has 0 aliphatic rings. The van der Waals surface area contributed by atoms with E-state index in [0.29, 0.717) is 0 Å². The maximum Gasteiger partial charge on any atom is 0.0445 e. The zero-order valence-electron chi connectivity index (χ0n) is 23.1. The first-order chi connectivity index (χ1) is 15.5. The predicted octanol–water partition coefficient (Wildman–Crippen LogP) is 10.9. The van der Waals surface area contributed by atoms with Gasteiger partial charge in [-0.15, -0.1) is 0 Å². The van der Waals surface area contributed by atoms with Gasteiger partial charge in [-0.3, -0.25) is 0 Å². The average Bonchev–Trinajstić information content (AvgIpc) is 2.67. The zero-order chi connectivity index (χ0) is 26.3. The van der Waals surface area contributed by atoms with Gasteiger partial charge in [-0.1, -0.05) is 140 Å². The normalized spacial score (nSPS) is 11.7. The molecule has 0 fully saturated rings. The van der Waals surface area contributed by atoms with E-state index in [1.807, 2.05) is 30.3 Å². The Hall–Kier alpha value is -1.76. The molecule has 0 aliphatic carbocycles. The molecule has 0 heterocycles. The molecule has 3 rings (SSSR count). The van der Waals surface area contributed by atoms with Gasteiger partial charge in [-0.05, 0) is 70.0 Å². The molecule has 0 atom stereocenters. The number of benzene rings is 3. The van der Waals surface area contributed by atoms with E-state index in [1.165, 1.54) is 27.8 Å². The Kier molecular flexibility index (Phi) is 10.9. The van der Waals surface area contributed by atoms with Crippen molar-refractivity contribution in [3.63, 3.8) is 0 Å². The van der Waals surface area contributed by atoms with E-state index < -0.39 is 0 Å². The summed E-state index contributed by atoms with van der Waals surface area (Å²) in [5.41, 5.74) is 7.15. The lowest BCUT2D eigenvalue weighted by Crippen LogP contribution is -2.13. The monoisotopic (exact) mass is 498 g/mol. The fourth-order valence-corrected chi connectivity index (χ4v) is 4.99. The summed E-state index contributed by atoms with van der Waals surface area (Å²) in [7, 11) is 0. The fourth-order valence-electron chi connectivity index (χ4n) is 4.07. The molecule has 0 unspecified atom stereocenters. The maximum absolute atomic E-state index is 6.11. The Labute approximate surface area is 219 Å². The van der Waals surface area contributed by atoms with E-state index in [4.69, 9.17) is 23.2 Å². The van der Waals surface area contributed by atoms with Gasteiger partial charge >= 0.3 is 0 Å². The average molecular weight is 500 g/mol. The molecule has 0 N–H and O–H groups in total. The molecule has 34 heavy (non-hydrogen) atoms. The highest BCUT2D eigenvalue weighted by atomic mass is 35.5. The summed E-state index contributed by atoms with van der Waals surface area (Å²) in [5.74, 6) is 0. The molecule has 3 aromatic rings. The number of aryl methyl sites for hydroxylation is 2. The van der Waals surface area contributed by atoms with Gasteiger partial charge in [0.05, 0.1) is 0 Å². The molecule has 0 amide bonds. The molecule has 2 heteroatoms. The standard InChI is InChI=1S/C11H15Cl.C11H16.C10H13Cl/c1-8-6-5-7-9(12)10(8)11(2,3)4;1-9-7-5-6-8-10(9)11(2,3)4;1-10(2,3)8-6-4-5-7-9(8)11/h5-7H,1-4H3;5-8H,1-4H3;4-7H,1-3H3. The SMILES string of the molecule is CC(C)(C)c1ccccc1Cl.Cc1cccc(Cl)c1C(C)(C)C.Cc1ccccc1C(C)(C)C. The van der Waals surface area contributed by atoms with Crippen LogP contribution in [-0.2, 0) is 16.2 Å². The lowest BCUT2D eigenvalue weighted by Gasteiger charge is -2.22. The molecule has 0 saturated heterocycles. The molecule has 0 spiro atoms. The van der Waals surface area contributed by atoms with E-state index in [9.17, 15) is 0 Å². The smallest absolute Gasteiger partial charge is 0.0445 e. The van der Waals surface area contributed by atoms with Crippen LogP contribution in [0.15, 0.2) is 66.7 Å². The Morgan fingerprint density at radius 1 is 0.441 bits per heavy atom. The quantitative estimate of drug-likeness (QED) is 0.288. The van der Waals surface area contributed by atoms with Gasteiger partial charge < -0.3 is 0 Å². The van der Waals surface area contributed by atoms with Crippen molar-refractivity contribution in [3.8, 4) is 0 Å². The van der Waals surface area contributed by atoms with Crippen molar-refractivity contribution in [1.29, 1.82) is 0 Å². The molecule has 0 aromatic heterocycles. The summed E-state index contributed by atoms with van der Waals surface area (Å²) in [5, 5.41) is 1.74. The predicted molar refractivity (Wildman–Crippen MR) is 155 cm³/mol. The van der Waals surface area contributed by atoms with Crippen molar-refractivity contribution < 1.29 is 0 Å². The van der Waals surface area contributed by atoms with Gasteiger partial charge in [0.1, 0.15) is 0 Å². The molecule has 3 aromatic carbocycles. The number of halogens is 2. The first-order valence-electron chi connectivity index (χ1n) is 12.0. The zero-order valence-corrected chi connectivity index (χ0v) is 24.6. The number of hydrogen-bond donors (Lipinski definition) is 0. The van der Waals surface area contributed by atoms with Crippen molar-refractivity contribution in [2.45, 2.75) is 92.4 Å². The van der Waals surface area contributed by atoms with Crippen molar-refractivity contribution in [2.75, 3.05) is 0 Å². The van der Waals surface area contributed by atoms with Gasteiger partial charge in [0, 0.05) is 10.0 Å². The summed E-state index contributed by atoms with van der Waals surface area (Å²) in [6.45, 7) is 24.0. The Morgan fingerprint density at radius 2 is 0.853 bits per heavy atom. The third kappa shape index (κ3) is 9.47. The lowest BCUT2D eigenvalue weighted by molar-refractivity contribution is 0.586. The highest BCUT2D eigenvalue weighted by molar-refractivity contribution is 6.31. The molecular weight excluding hydrogens is 455 g/mol. The van der Waals surface area contributed by atoms with E-state index in [0.717, 1.165) is 10.0 Å². The third-order valence-corrected chi connectivity index (χ3v) is 6.25. The van der Waals surface area contributed by atoms with E-state index in [-0.39, 0.29) is 16.2 Å². The van der Waals surface area contributed by atoms with Crippen LogP contribution < -0.4 is 0 Å². The van der Waals surface area contributed by atoms with Gasteiger partial charge in [-0.25, -0.2) is 0 Å². The van der Waals surface area contributed by atoms with Crippen molar-refractivity contribution in [2.24, 2.45) is 0 Å². The van der Waals surface area contributed by atoms with Crippen LogP contribution in [0.1, 0.15) is 90.1 Å². The molecule has 0 saturated carbocycles. The van der Waals surface area contributed by atoms with Crippen LogP contribution in [0.4, 0.5) is 0 Å². The summed E-state index contributed by atoms with van der Waals surface area (Å²) < 4.78 is 0. The van der Waals surface area contributed by atoms with Crippen LogP contribution >= 0.6 is 23.2 Å². The molecule has 186 valence electrons. The van der Waals surface area contributed by atoms with Crippen LogP contribution in [-0.4, -0.2) is 0 Å². The number of rotatable bonds is 0. The van der Waals surface area contributed by atoms with Crippen molar-refractivity contribution >= 4 is 23.2 Å². The molecule has 0 bridgehead atoms. The first-order valence-corrected chi connectivity index (χ1v) is 12.8. The maximum atomic E-state index is 6.11. The summed E-state index contributed by atoms with van der Waals surface area (Å²) in [6, 6.07) is 22.6. The summed E-state index contributed by atoms with van der Waals surface area (Å²) >= 11 is 12.1. The second kappa shape index (κ2) is 12.3. The summed E-state index contributed by atoms with van der Waals surface area (Å²) in [6.07, 6.45) is 0. The van der Waals surface area contributed by atoms with Crippen molar-refractivity contribution in [3.05, 3.63) is 105 Å². The minimum absolute atomic E-state index is 0.141. The van der Waals surface area contributed by atoms with Crippen LogP contribution in [0, 0.1) is 13.8 Å². The minimum Gasteiger partial charge on any atom is -0.0840 e. The van der Waals surface area contributed by atoms with Gasteiger partial charge in [0.15, 0.2) is 0 Å². The van der Waals surface area contributed by atoms with Crippen LogP contribution in [0.25, 0.3) is 0 Å². The van der Waals surface area contributed by atoms with E-state index in [2.05, 4.69) is 113 Å². The molecule has 0 aliphatic heterocycles. The lowest BCUT2D eigenvalue weighted by atomic mass is 9.84. The fraction of sp³-hybridized carbons (Fsp3) is 0.438. The molecule has 0 radical (unpaired) electrons. The van der Waals surface area contributed by atoms with Crippen molar-refractivity contribution in [1.82, 2.24) is 0 Å². The van der Waals surface area contributed by atoms with Crippen LogP contribution in [0.3, 0.4) is 0 Å². The second-order valence-electron chi connectivity index (χ2n) is 12.0. The topological polar surface area (TPSA) is 0 Å². The Balaban J connectivity index is 0.000000255. The minimum atomic E-state index is 0.141. The van der Waals surface area contributed by atoms with Crippen LogP contribution in [0.2, 0.25) is 10.0 Å². The molecule has 0 nitrogen and oxygen atoms in total. The van der Waals surface area contributed by atoms with E-state index in [1.54, 1.807) is 0 Å².